The van der Waals surface area contributed by atoms with Crippen LogP contribution < -0.4 is 5.32 Å². The van der Waals surface area contributed by atoms with E-state index in [-0.39, 0.29) is 16.7 Å². The van der Waals surface area contributed by atoms with Crippen molar-refractivity contribution in [3.63, 3.8) is 0 Å². The second-order valence-corrected chi connectivity index (χ2v) is 7.50. The number of benzene rings is 3. The van der Waals surface area contributed by atoms with E-state index in [0.717, 1.165) is 17.7 Å². The molecule has 1 heterocycles. The Labute approximate surface area is 163 Å². The fourth-order valence-electron chi connectivity index (χ4n) is 4.57. The van der Waals surface area contributed by atoms with Gasteiger partial charge in [0.25, 0.3) is 5.69 Å². The predicted molar refractivity (Wildman–Crippen MR) is 111 cm³/mol. The van der Waals surface area contributed by atoms with Crippen molar-refractivity contribution in [2.45, 2.75) is 18.4 Å². The lowest BCUT2D eigenvalue weighted by molar-refractivity contribution is -0.384. The molecular formula is C24H20N2O2. The molecule has 28 heavy (non-hydrogen) atoms. The number of rotatable bonds is 3. The molecular weight excluding hydrogens is 348 g/mol. The zero-order valence-corrected chi connectivity index (χ0v) is 15.3. The van der Waals surface area contributed by atoms with E-state index in [1.54, 1.807) is 18.2 Å². The average Bonchev–Trinajstić information content (AvgIpc) is 3.24. The minimum Gasteiger partial charge on any atom is -0.378 e. The van der Waals surface area contributed by atoms with E-state index in [1.165, 1.54) is 16.7 Å². The van der Waals surface area contributed by atoms with Crippen molar-refractivity contribution in [2.24, 2.45) is 5.92 Å². The molecule has 0 saturated carbocycles. The third-order valence-electron chi connectivity index (χ3n) is 5.91. The standard InChI is InChI=1S/C24H20N2O2/c27-26(28)19-9-4-8-18(14-19)24-21-11-5-10-20(21)22-15-17(12-13-23(22)25-24)16-6-2-1-3-7-16/h1-10,12-15,20-21,24-25H,11H2/t20-,21-,24+/m1/s1. The zero-order valence-electron chi connectivity index (χ0n) is 15.3. The number of anilines is 1. The van der Waals surface area contributed by atoms with Crippen LogP contribution in [0.2, 0.25) is 0 Å². The van der Waals surface area contributed by atoms with Crippen LogP contribution in [0, 0.1) is 16.0 Å². The summed E-state index contributed by atoms with van der Waals surface area (Å²) in [5.74, 6) is 0.685. The second-order valence-electron chi connectivity index (χ2n) is 7.50. The molecule has 0 spiro atoms. The number of hydrogen-bond donors (Lipinski definition) is 1. The first-order valence-electron chi connectivity index (χ1n) is 9.57. The summed E-state index contributed by atoms with van der Waals surface area (Å²) >= 11 is 0. The highest BCUT2D eigenvalue weighted by molar-refractivity contribution is 5.71. The summed E-state index contributed by atoms with van der Waals surface area (Å²) in [6.45, 7) is 0. The lowest BCUT2D eigenvalue weighted by Gasteiger charge is -2.37. The smallest absolute Gasteiger partial charge is 0.269 e. The Morgan fingerprint density at radius 1 is 0.929 bits per heavy atom. The van der Waals surface area contributed by atoms with E-state index in [0.29, 0.717) is 11.8 Å². The molecule has 0 radical (unpaired) electrons. The van der Waals surface area contributed by atoms with E-state index in [9.17, 15) is 10.1 Å². The van der Waals surface area contributed by atoms with Gasteiger partial charge in [-0.05, 0) is 46.7 Å². The number of non-ortho nitro benzene ring substituents is 1. The zero-order chi connectivity index (χ0) is 19.1. The van der Waals surface area contributed by atoms with Gasteiger partial charge in [-0.15, -0.1) is 0 Å². The highest BCUT2D eigenvalue weighted by Gasteiger charge is 2.38. The maximum absolute atomic E-state index is 11.2. The van der Waals surface area contributed by atoms with Gasteiger partial charge in [-0.1, -0.05) is 60.7 Å². The Balaban J connectivity index is 1.55. The normalized spacial score (nSPS) is 22.2. The number of nitrogens with zero attached hydrogens (tertiary/aromatic N) is 1. The number of nitrogens with one attached hydrogen (secondary N) is 1. The second kappa shape index (κ2) is 6.64. The average molecular weight is 368 g/mol. The van der Waals surface area contributed by atoms with E-state index in [4.69, 9.17) is 0 Å². The van der Waals surface area contributed by atoms with Crippen LogP contribution in [0.3, 0.4) is 0 Å². The van der Waals surface area contributed by atoms with Gasteiger partial charge in [0, 0.05) is 23.7 Å². The minimum absolute atomic E-state index is 0.0648. The molecule has 1 N–H and O–H groups in total. The maximum Gasteiger partial charge on any atom is 0.269 e. The van der Waals surface area contributed by atoms with Gasteiger partial charge < -0.3 is 5.32 Å². The Hall–Kier alpha value is -3.40. The Morgan fingerprint density at radius 3 is 2.61 bits per heavy atom. The summed E-state index contributed by atoms with van der Waals surface area (Å²) in [5, 5.41) is 14.9. The van der Waals surface area contributed by atoms with Crippen molar-refractivity contribution in [1.82, 2.24) is 0 Å². The molecule has 138 valence electrons. The number of allylic oxidation sites excluding steroid dienone is 2. The molecule has 0 amide bonds. The summed E-state index contributed by atoms with van der Waals surface area (Å²) in [5.41, 5.74) is 5.97. The SMILES string of the molecule is O=[N+]([O-])c1cccc([C@@H]2Nc3ccc(-c4ccccc4)cc3[C@@H]3C=CC[C@H]32)c1. The Morgan fingerprint density at radius 2 is 1.79 bits per heavy atom. The van der Waals surface area contributed by atoms with Gasteiger partial charge in [-0.25, -0.2) is 0 Å². The molecule has 3 aromatic rings. The van der Waals surface area contributed by atoms with Crippen molar-refractivity contribution in [1.29, 1.82) is 0 Å². The molecule has 2 aliphatic rings. The summed E-state index contributed by atoms with van der Waals surface area (Å²) < 4.78 is 0. The first-order valence-corrected chi connectivity index (χ1v) is 9.57. The van der Waals surface area contributed by atoms with E-state index in [2.05, 4.69) is 59.9 Å². The van der Waals surface area contributed by atoms with Crippen LogP contribution in [0.1, 0.15) is 29.5 Å². The molecule has 0 fully saturated rings. The molecule has 4 heteroatoms. The highest BCUT2D eigenvalue weighted by Crippen LogP contribution is 2.50. The van der Waals surface area contributed by atoms with E-state index in [1.807, 2.05) is 12.1 Å². The van der Waals surface area contributed by atoms with Crippen LogP contribution in [0.5, 0.6) is 0 Å². The summed E-state index contributed by atoms with van der Waals surface area (Å²) in [4.78, 5) is 10.9. The predicted octanol–water partition coefficient (Wildman–Crippen LogP) is 6.09. The fraction of sp³-hybridized carbons (Fsp3) is 0.167. The van der Waals surface area contributed by atoms with Crippen LogP contribution in [-0.4, -0.2) is 4.92 Å². The van der Waals surface area contributed by atoms with Crippen LogP contribution >= 0.6 is 0 Å². The lowest BCUT2D eigenvalue weighted by atomic mass is 9.76. The van der Waals surface area contributed by atoms with Gasteiger partial charge in [0.05, 0.1) is 11.0 Å². The van der Waals surface area contributed by atoms with Gasteiger partial charge in [0.15, 0.2) is 0 Å². The minimum atomic E-state index is -0.323. The first-order chi connectivity index (χ1) is 13.7. The van der Waals surface area contributed by atoms with Crippen LogP contribution in [0.4, 0.5) is 11.4 Å². The van der Waals surface area contributed by atoms with Gasteiger partial charge >= 0.3 is 0 Å². The largest absolute Gasteiger partial charge is 0.378 e. The fourth-order valence-corrected chi connectivity index (χ4v) is 4.57. The molecule has 5 rings (SSSR count). The molecule has 1 aliphatic carbocycles. The lowest BCUT2D eigenvalue weighted by Crippen LogP contribution is -2.29. The van der Waals surface area contributed by atoms with E-state index < -0.39 is 0 Å². The third kappa shape index (κ3) is 2.78. The van der Waals surface area contributed by atoms with E-state index >= 15 is 0 Å². The maximum atomic E-state index is 11.2. The molecule has 0 unspecified atom stereocenters. The number of fused-ring (bicyclic) bond motifs is 3. The topological polar surface area (TPSA) is 55.2 Å². The molecule has 3 aromatic carbocycles. The summed E-state index contributed by atoms with van der Waals surface area (Å²) in [6.07, 6.45) is 5.51. The van der Waals surface area contributed by atoms with Crippen molar-refractivity contribution in [2.75, 3.05) is 5.32 Å². The monoisotopic (exact) mass is 368 g/mol. The van der Waals surface area contributed by atoms with Crippen molar-refractivity contribution in [3.05, 3.63) is 106 Å². The first kappa shape index (κ1) is 16.8. The van der Waals surface area contributed by atoms with Crippen molar-refractivity contribution < 1.29 is 4.92 Å². The van der Waals surface area contributed by atoms with Gasteiger partial charge in [0.2, 0.25) is 0 Å². The van der Waals surface area contributed by atoms with Crippen LogP contribution in [0.15, 0.2) is 84.9 Å². The van der Waals surface area contributed by atoms with Gasteiger partial charge in [-0.2, -0.15) is 0 Å². The van der Waals surface area contributed by atoms with Crippen LogP contribution in [0.25, 0.3) is 11.1 Å². The number of hydrogen-bond acceptors (Lipinski definition) is 3. The van der Waals surface area contributed by atoms with Crippen LogP contribution in [-0.2, 0) is 0 Å². The summed E-state index contributed by atoms with van der Waals surface area (Å²) in [6, 6.07) is 24.1. The number of nitro benzene ring substituents is 1. The molecule has 1 aliphatic heterocycles. The molecule has 3 atom stereocenters. The van der Waals surface area contributed by atoms with Gasteiger partial charge in [0.1, 0.15) is 0 Å². The summed E-state index contributed by atoms with van der Waals surface area (Å²) in [7, 11) is 0. The molecule has 0 aromatic heterocycles. The van der Waals surface area contributed by atoms with Gasteiger partial charge in [-0.3, -0.25) is 10.1 Å². The number of nitro groups is 1. The Kier molecular flexibility index (Phi) is 3.97. The highest BCUT2D eigenvalue weighted by atomic mass is 16.6. The van der Waals surface area contributed by atoms with Crippen molar-refractivity contribution >= 4 is 11.4 Å². The Bertz CT molecular complexity index is 1070. The molecule has 0 bridgehead atoms. The van der Waals surface area contributed by atoms with Crippen molar-refractivity contribution in [3.8, 4) is 11.1 Å². The molecule has 4 nitrogen and oxygen atoms in total. The third-order valence-corrected chi connectivity index (χ3v) is 5.91. The molecule has 0 saturated heterocycles. The quantitative estimate of drug-likeness (QED) is 0.346.